The molecule has 2 aromatic carbocycles. The van der Waals surface area contributed by atoms with Gasteiger partial charge in [0, 0.05) is 19.2 Å². The number of carbonyl (C=O) groups excluding carboxylic acids is 1. The predicted molar refractivity (Wildman–Crippen MR) is 135 cm³/mol. The Labute approximate surface area is 204 Å². The topological polar surface area (TPSA) is 78.7 Å². The smallest absolute Gasteiger partial charge is 0.251 e. The number of amides is 1. The first-order chi connectivity index (χ1) is 15.0. The number of guanidine groups is 1. The fraction of sp³-hybridized carbons (Fsp3) is 0.250. The van der Waals surface area contributed by atoms with Crippen molar-refractivity contribution in [3.05, 3.63) is 94.7 Å². The number of benzene rings is 2. The van der Waals surface area contributed by atoms with E-state index in [1.54, 1.807) is 38.4 Å². The SMILES string of the molecule is CN=C(NCc1cccc(C(=O)NCc2ccco2)c1)NC(C)c1ccc(C)c(F)c1.I. The summed E-state index contributed by atoms with van der Waals surface area (Å²) in [6.45, 7) is 4.50. The van der Waals surface area contributed by atoms with Crippen LogP contribution in [0.25, 0.3) is 0 Å². The molecule has 0 aliphatic heterocycles. The van der Waals surface area contributed by atoms with Crippen LogP contribution in [0.3, 0.4) is 0 Å². The molecule has 0 fully saturated rings. The maximum absolute atomic E-state index is 13.9. The number of aliphatic imine (C=N–C) groups is 1. The molecule has 1 heterocycles. The first-order valence-corrected chi connectivity index (χ1v) is 10.1. The number of aryl methyl sites for hydroxylation is 1. The van der Waals surface area contributed by atoms with Gasteiger partial charge in [0.2, 0.25) is 0 Å². The van der Waals surface area contributed by atoms with E-state index in [1.807, 2.05) is 37.3 Å². The lowest BCUT2D eigenvalue weighted by Gasteiger charge is -2.19. The monoisotopic (exact) mass is 550 g/mol. The van der Waals surface area contributed by atoms with Gasteiger partial charge in [0.15, 0.2) is 5.96 Å². The van der Waals surface area contributed by atoms with Crippen molar-refractivity contribution in [1.29, 1.82) is 0 Å². The average Bonchev–Trinajstić information content (AvgIpc) is 3.30. The summed E-state index contributed by atoms with van der Waals surface area (Å²) in [7, 11) is 1.68. The van der Waals surface area contributed by atoms with Crippen LogP contribution in [-0.2, 0) is 13.1 Å². The van der Waals surface area contributed by atoms with Crippen molar-refractivity contribution in [2.24, 2.45) is 4.99 Å². The third-order valence-corrected chi connectivity index (χ3v) is 4.93. The molecule has 1 amide bonds. The Balaban J connectivity index is 0.00000363. The van der Waals surface area contributed by atoms with Crippen LogP contribution in [0.2, 0.25) is 0 Å². The maximum Gasteiger partial charge on any atom is 0.251 e. The summed E-state index contributed by atoms with van der Waals surface area (Å²) in [4.78, 5) is 16.6. The molecule has 1 atom stereocenters. The summed E-state index contributed by atoms with van der Waals surface area (Å²) in [5.74, 6) is 0.886. The Bertz CT molecular complexity index is 1050. The molecule has 32 heavy (non-hydrogen) atoms. The van der Waals surface area contributed by atoms with Crippen LogP contribution < -0.4 is 16.0 Å². The minimum absolute atomic E-state index is 0. The highest BCUT2D eigenvalue weighted by Gasteiger charge is 2.11. The van der Waals surface area contributed by atoms with Crippen LogP contribution in [0.5, 0.6) is 0 Å². The van der Waals surface area contributed by atoms with Crippen molar-refractivity contribution in [3.8, 4) is 0 Å². The molecule has 3 aromatic rings. The number of hydrogen-bond donors (Lipinski definition) is 3. The molecule has 1 aromatic heterocycles. The van der Waals surface area contributed by atoms with Crippen molar-refractivity contribution in [3.63, 3.8) is 0 Å². The van der Waals surface area contributed by atoms with Gasteiger partial charge in [0.05, 0.1) is 18.8 Å². The lowest BCUT2D eigenvalue weighted by molar-refractivity contribution is 0.0948. The van der Waals surface area contributed by atoms with Gasteiger partial charge >= 0.3 is 0 Å². The number of halogens is 2. The highest BCUT2D eigenvalue weighted by molar-refractivity contribution is 14.0. The van der Waals surface area contributed by atoms with E-state index in [9.17, 15) is 9.18 Å². The van der Waals surface area contributed by atoms with Gasteiger partial charge in [-0.15, -0.1) is 24.0 Å². The van der Waals surface area contributed by atoms with Gasteiger partial charge in [-0.05, 0) is 60.9 Å². The van der Waals surface area contributed by atoms with Crippen LogP contribution in [0, 0.1) is 12.7 Å². The summed E-state index contributed by atoms with van der Waals surface area (Å²) in [6.07, 6.45) is 1.57. The van der Waals surface area contributed by atoms with Gasteiger partial charge in [-0.25, -0.2) is 4.39 Å². The van der Waals surface area contributed by atoms with Crippen molar-refractivity contribution < 1.29 is 13.6 Å². The summed E-state index contributed by atoms with van der Waals surface area (Å²) in [5.41, 5.74) is 2.95. The zero-order chi connectivity index (χ0) is 22.2. The molecule has 3 rings (SSSR count). The molecule has 0 aliphatic carbocycles. The number of carbonyl (C=O) groups is 1. The summed E-state index contributed by atoms with van der Waals surface area (Å²) < 4.78 is 19.1. The maximum atomic E-state index is 13.9. The van der Waals surface area contributed by atoms with Gasteiger partial charge in [-0.1, -0.05) is 24.3 Å². The van der Waals surface area contributed by atoms with Crippen molar-refractivity contribution in [2.75, 3.05) is 7.05 Å². The van der Waals surface area contributed by atoms with E-state index in [4.69, 9.17) is 4.42 Å². The van der Waals surface area contributed by atoms with E-state index in [0.29, 0.717) is 35.9 Å². The molecule has 0 saturated heterocycles. The Morgan fingerprint density at radius 2 is 1.91 bits per heavy atom. The minimum atomic E-state index is -0.226. The summed E-state index contributed by atoms with van der Waals surface area (Å²) in [5, 5.41) is 9.32. The number of nitrogens with one attached hydrogen (secondary N) is 3. The second-order valence-corrected chi connectivity index (χ2v) is 7.26. The largest absolute Gasteiger partial charge is 0.467 e. The highest BCUT2D eigenvalue weighted by Crippen LogP contribution is 2.16. The fourth-order valence-corrected chi connectivity index (χ4v) is 3.05. The zero-order valence-electron chi connectivity index (χ0n) is 18.3. The number of furan rings is 1. The Hall–Kier alpha value is -2.88. The fourth-order valence-electron chi connectivity index (χ4n) is 3.05. The Morgan fingerprint density at radius 1 is 1.09 bits per heavy atom. The molecule has 0 radical (unpaired) electrons. The van der Waals surface area contributed by atoms with Crippen LogP contribution in [0.4, 0.5) is 4.39 Å². The minimum Gasteiger partial charge on any atom is -0.467 e. The molecule has 0 spiro atoms. The van der Waals surface area contributed by atoms with Crippen LogP contribution in [0.15, 0.2) is 70.3 Å². The van der Waals surface area contributed by atoms with Crippen LogP contribution in [0.1, 0.15) is 45.8 Å². The number of nitrogens with zero attached hydrogens (tertiary/aromatic N) is 1. The van der Waals surface area contributed by atoms with E-state index in [2.05, 4.69) is 20.9 Å². The average molecular weight is 550 g/mol. The zero-order valence-corrected chi connectivity index (χ0v) is 20.6. The molecule has 0 bridgehead atoms. The molecule has 8 heteroatoms. The third kappa shape index (κ3) is 7.08. The van der Waals surface area contributed by atoms with Gasteiger partial charge in [-0.2, -0.15) is 0 Å². The van der Waals surface area contributed by atoms with Crippen molar-refractivity contribution >= 4 is 35.8 Å². The second kappa shape index (κ2) is 12.2. The number of rotatable bonds is 7. The lowest BCUT2D eigenvalue weighted by Crippen LogP contribution is -2.38. The quantitative estimate of drug-likeness (QED) is 0.227. The van der Waals surface area contributed by atoms with E-state index < -0.39 is 0 Å². The molecule has 0 aliphatic rings. The van der Waals surface area contributed by atoms with Gasteiger partial charge in [-0.3, -0.25) is 9.79 Å². The molecule has 170 valence electrons. The second-order valence-electron chi connectivity index (χ2n) is 7.26. The number of hydrogen-bond acceptors (Lipinski definition) is 3. The lowest BCUT2D eigenvalue weighted by atomic mass is 10.1. The summed E-state index contributed by atoms with van der Waals surface area (Å²) in [6, 6.07) is 16.0. The van der Waals surface area contributed by atoms with Crippen molar-refractivity contribution in [1.82, 2.24) is 16.0 Å². The molecular formula is C24H28FIN4O2. The Morgan fingerprint density at radius 3 is 2.59 bits per heavy atom. The third-order valence-electron chi connectivity index (χ3n) is 4.93. The van der Waals surface area contributed by atoms with E-state index in [0.717, 1.165) is 11.1 Å². The molecule has 0 saturated carbocycles. The van der Waals surface area contributed by atoms with Gasteiger partial charge in [0.25, 0.3) is 5.91 Å². The summed E-state index contributed by atoms with van der Waals surface area (Å²) >= 11 is 0. The van der Waals surface area contributed by atoms with Crippen LogP contribution in [-0.4, -0.2) is 18.9 Å². The predicted octanol–water partition coefficient (Wildman–Crippen LogP) is 4.70. The normalized spacial score (nSPS) is 11.9. The van der Waals surface area contributed by atoms with E-state index in [1.165, 1.54) is 6.07 Å². The molecular weight excluding hydrogens is 522 g/mol. The van der Waals surface area contributed by atoms with E-state index >= 15 is 0 Å². The first kappa shape index (κ1) is 25.4. The molecule has 1 unspecified atom stereocenters. The molecule has 3 N–H and O–H groups in total. The van der Waals surface area contributed by atoms with Crippen LogP contribution >= 0.6 is 24.0 Å². The van der Waals surface area contributed by atoms with Crippen molar-refractivity contribution in [2.45, 2.75) is 33.0 Å². The Kier molecular flexibility index (Phi) is 9.70. The first-order valence-electron chi connectivity index (χ1n) is 10.1. The standard InChI is InChI=1S/C24H27FN4O2.HI/c1-16-9-10-19(13-22(16)25)17(2)29-24(26-3)28-14-18-6-4-7-20(12-18)23(30)27-15-21-8-5-11-31-21;/h4-13,17H,14-15H2,1-3H3,(H,27,30)(H2,26,28,29);1H. The molecule has 6 nitrogen and oxygen atoms in total. The van der Waals surface area contributed by atoms with Gasteiger partial charge < -0.3 is 20.4 Å². The highest BCUT2D eigenvalue weighted by atomic mass is 127. The van der Waals surface area contributed by atoms with Gasteiger partial charge in [0.1, 0.15) is 11.6 Å². The van der Waals surface area contributed by atoms with E-state index in [-0.39, 0.29) is 41.7 Å².